The molecule has 2 aromatic rings. The first-order chi connectivity index (χ1) is 10.9. The third kappa shape index (κ3) is 4.00. The second kappa shape index (κ2) is 6.83. The lowest BCUT2D eigenvalue weighted by atomic mass is 10.0. The number of carbonyl (C=O) groups excluding carboxylic acids is 1. The van der Waals surface area contributed by atoms with Crippen LogP contribution in [0.25, 0.3) is 0 Å². The zero-order chi connectivity index (χ0) is 17.0. The number of aryl methyl sites for hydroxylation is 2. The monoisotopic (exact) mass is 312 g/mol. The SMILES string of the molecule is CC(=NOC(=O)c1cccc([N+](=O)[O-])c1)c1ccc(C)cc1C. The van der Waals surface area contributed by atoms with Crippen LogP contribution in [0.5, 0.6) is 0 Å². The molecule has 0 aliphatic heterocycles. The van der Waals surface area contributed by atoms with Gasteiger partial charge in [-0.3, -0.25) is 10.1 Å². The lowest BCUT2D eigenvalue weighted by Gasteiger charge is -2.06. The largest absolute Gasteiger partial charge is 0.365 e. The summed E-state index contributed by atoms with van der Waals surface area (Å²) < 4.78 is 0. The van der Waals surface area contributed by atoms with E-state index >= 15 is 0 Å². The molecule has 2 rings (SSSR count). The van der Waals surface area contributed by atoms with Crippen LogP contribution in [0.1, 0.15) is 34.0 Å². The first kappa shape index (κ1) is 16.4. The molecule has 0 aliphatic rings. The van der Waals surface area contributed by atoms with Crippen molar-refractivity contribution in [1.82, 2.24) is 0 Å². The van der Waals surface area contributed by atoms with Crippen molar-refractivity contribution in [3.05, 3.63) is 74.8 Å². The van der Waals surface area contributed by atoms with Crippen molar-refractivity contribution in [3.8, 4) is 0 Å². The molecule has 0 saturated heterocycles. The number of oxime groups is 1. The number of non-ortho nitro benzene ring substituents is 1. The van der Waals surface area contributed by atoms with Gasteiger partial charge in [-0.15, -0.1) is 0 Å². The smallest absolute Gasteiger partial charge is 0.313 e. The summed E-state index contributed by atoms with van der Waals surface area (Å²) in [6.45, 7) is 5.67. The number of nitro groups is 1. The summed E-state index contributed by atoms with van der Waals surface area (Å²) in [5, 5.41) is 14.6. The molecule has 0 spiro atoms. The van der Waals surface area contributed by atoms with E-state index in [-0.39, 0.29) is 11.3 Å². The quantitative estimate of drug-likeness (QED) is 0.372. The fourth-order valence-electron chi connectivity index (χ4n) is 2.18. The van der Waals surface area contributed by atoms with Gasteiger partial charge in [0.05, 0.1) is 16.2 Å². The minimum Gasteiger partial charge on any atom is -0.313 e. The average Bonchev–Trinajstić information content (AvgIpc) is 2.52. The Bertz CT molecular complexity index is 797. The third-order valence-electron chi connectivity index (χ3n) is 3.33. The van der Waals surface area contributed by atoms with Gasteiger partial charge in [-0.25, -0.2) is 4.79 Å². The Labute approximate surface area is 133 Å². The van der Waals surface area contributed by atoms with Gasteiger partial charge in [0.15, 0.2) is 0 Å². The van der Waals surface area contributed by atoms with Gasteiger partial charge >= 0.3 is 5.97 Å². The molecule has 0 aliphatic carbocycles. The van der Waals surface area contributed by atoms with Crippen molar-refractivity contribution in [1.29, 1.82) is 0 Å². The van der Waals surface area contributed by atoms with Crippen LogP contribution in [-0.2, 0) is 4.84 Å². The summed E-state index contributed by atoms with van der Waals surface area (Å²) >= 11 is 0. The van der Waals surface area contributed by atoms with Crippen molar-refractivity contribution >= 4 is 17.4 Å². The van der Waals surface area contributed by atoms with Crippen molar-refractivity contribution < 1.29 is 14.6 Å². The van der Waals surface area contributed by atoms with Gasteiger partial charge in [-0.1, -0.05) is 35.0 Å². The van der Waals surface area contributed by atoms with E-state index < -0.39 is 10.9 Å². The van der Waals surface area contributed by atoms with Crippen LogP contribution < -0.4 is 0 Å². The van der Waals surface area contributed by atoms with Crippen LogP contribution in [0.4, 0.5) is 5.69 Å². The number of hydrogen-bond donors (Lipinski definition) is 0. The summed E-state index contributed by atoms with van der Waals surface area (Å²) in [5.41, 5.74) is 3.50. The van der Waals surface area contributed by atoms with Gasteiger partial charge in [-0.05, 0) is 32.4 Å². The molecule has 0 unspecified atom stereocenters. The minimum atomic E-state index is -0.738. The highest BCUT2D eigenvalue weighted by molar-refractivity contribution is 6.00. The maximum Gasteiger partial charge on any atom is 0.365 e. The Morgan fingerprint density at radius 3 is 2.57 bits per heavy atom. The molecule has 0 radical (unpaired) electrons. The van der Waals surface area contributed by atoms with Gasteiger partial charge in [-0.2, -0.15) is 0 Å². The Balaban J connectivity index is 2.17. The summed E-state index contributed by atoms with van der Waals surface area (Å²) in [5.74, 6) is -0.738. The molecule has 0 bridgehead atoms. The number of rotatable bonds is 4. The lowest BCUT2D eigenvalue weighted by Crippen LogP contribution is -2.05. The van der Waals surface area contributed by atoms with Gasteiger partial charge in [0, 0.05) is 17.7 Å². The standard InChI is InChI=1S/C17H16N2O4/c1-11-7-8-16(12(2)9-11)13(3)18-23-17(20)14-5-4-6-15(10-14)19(21)22/h4-10H,1-3H3. The van der Waals surface area contributed by atoms with Gasteiger partial charge in [0.1, 0.15) is 0 Å². The second-order valence-electron chi connectivity index (χ2n) is 5.18. The van der Waals surface area contributed by atoms with Crippen molar-refractivity contribution in [3.63, 3.8) is 0 Å². The maximum absolute atomic E-state index is 11.9. The number of benzene rings is 2. The Kier molecular flexibility index (Phi) is 4.85. The van der Waals surface area contributed by atoms with E-state index in [1.54, 1.807) is 6.92 Å². The average molecular weight is 312 g/mol. The summed E-state index contributed by atoms with van der Waals surface area (Å²) in [6.07, 6.45) is 0. The van der Waals surface area contributed by atoms with Gasteiger partial charge < -0.3 is 4.84 Å². The first-order valence-corrected chi connectivity index (χ1v) is 6.96. The minimum absolute atomic E-state index is 0.0800. The molecular formula is C17H16N2O4. The topological polar surface area (TPSA) is 81.8 Å². The molecule has 0 atom stereocenters. The van der Waals surface area contributed by atoms with Crippen LogP contribution in [0, 0.1) is 24.0 Å². The summed E-state index contributed by atoms with van der Waals surface area (Å²) in [6, 6.07) is 11.2. The first-order valence-electron chi connectivity index (χ1n) is 6.96. The van der Waals surface area contributed by atoms with E-state index in [4.69, 9.17) is 4.84 Å². The van der Waals surface area contributed by atoms with Crippen molar-refractivity contribution in [2.75, 3.05) is 0 Å². The number of nitro benzene ring substituents is 1. The zero-order valence-corrected chi connectivity index (χ0v) is 13.1. The van der Waals surface area contributed by atoms with Crippen LogP contribution in [-0.4, -0.2) is 16.6 Å². The highest BCUT2D eigenvalue weighted by Crippen LogP contribution is 2.15. The molecule has 0 N–H and O–H groups in total. The van der Waals surface area contributed by atoms with Crippen LogP contribution in [0.2, 0.25) is 0 Å². The van der Waals surface area contributed by atoms with E-state index in [1.165, 1.54) is 18.2 Å². The van der Waals surface area contributed by atoms with E-state index in [2.05, 4.69) is 5.16 Å². The molecule has 6 nitrogen and oxygen atoms in total. The predicted octanol–water partition coefficient (Wildman–Crippen LogP) is 3.79. The Hall–Kier alpha value is -3.02. The predicted molar refractivity (Wildman–Crippen MR) is 86.6 cm³/mol. The van der Waals surface area contributed by atoms with Gasteiger partial charge in [0.2, 0.25) is 0 Å². The molecule has 0 aromatic heterocycles. The molecule has 118 valence electrons. The highest BCUT2D eigenvalue weighted by Gasteiger charge is 2.13. The number of nitrogens with zero attached hydrogens (tertiary/aromatic N) is 2. The molecule has 0 fully saturated rings. The highest BCUT2D eigenvalue weighted by atomic mass is 16.7. The van der Waals surface area contributed by atoms with Crippen LogP contribution in [0.15, 0.2) is 47.6 Å². The fourth-order valence-corrected chi connectivity index (χ4v) is 2.18. The van der Waals surface area contributed by atoms with Crippen LogP contribution in [0.3, 0.4) is 0 Å². The van der Waals surface area contributed by atoms with E-state index in [9.17, 15) is 14.9 Å². The maximum atomic E-state index is 11.9. The molecule has 6 heteroatoms. The van der Waals surface area contributed by atoms with Crippen molar-refractivity contribution in [2.24, 2.45) is 5.16 Å². The van der Waals surface area contributed by atoms with Gasteiger partial charge in [0.25, 0.3) is 5.69 Å². The number of hydrogen-bond acceptors (Lipinski definition) is 5. The Morgan fingerprint density at radius 1 is 1.17 bits per heavy atom. The molecule has 0 amide bonds. The molecular weight excluding hydrogens is 296 g/mol. The molecule has 0 heterocycles. The Morgan fingerprint density at radius 2 is 1.91 bits per heavy atom. The van der Waals surface area contributed by atoms with E-state index in [0.29, 0.717) is 5.71 Å². The van der Waals surface area contributed by atoms with Crippen molar-refractivity contribution in [2.45, 2.75) is 20.8 Å². The van der Waals surface area contributed by atoms with E-state index in [0.717, 1.165) is 22.8 Å². The number of carbonyl (C=O) groups is 1. The summed E-state index contributed by atoms with van der Waals surface area (Å²) in [4.78, 5) is 27.0. The molecule has 0 saturated carbocycles. The molecule has 2 aromatic carbocycles. The second-order valence-corrected chi connectivity index (χ2v) is 5.18. The lowest BCUT2D eigenvalue weighted by molar-refractivity contribution is -0.384. The molecule has 23 heavy (non-hydrogen) atoms. The van der Waals surface area contributed by atoms with E-state index in [1.807, 2.05) is 32.0 Å². The zero-order valence-electron chi connectivity index (χ0n) is 13.1. The van der Waals surface area contributed by atoms with Crippen LogP contribution >= 0.6 is 0 Å². The normalized spacial score (nSPS) is 11.2. The third-order valence-corrected chi connectivity index (χ3v) is 3.33. The summed E-state index contributed by atoms with van der Waals surface area (Å²) in [7, 11) is 0. The fraction of sp³-hybridized carbons (Fsp3) is 0.176.